The van der Waals surface area contributed by atoms with Crippen LogP contribution >= 0.6 is 0 Å². The van der Waals surface area contributed by atoms with Crippen molar-refractivity contribution in [3.63, 3.8) is 0 Å². The van der Waals surface area contributed by atoms with Gasteiger partial charge in [0.2, 0.25) is 0 Å². The normalized spacial score (nSPS) is 18.7. The van der Waals surface area contributed by atoms with E-state index in [1.165, 1.54) is 0 Å². The SMILES string of the molecule is COc1ccccc1-c1c(C2CCCOC2)nn(C)c1N. The number of benzene rings is 1. The molecule has 0 radical (unpaired) electrons. The number of hydrogen-bond acceptors (Lipinski definition) is 4. The van der Waals surface area contributed by atoms with Crippen LogP contribution in [0.3, 0.4) is 0 Å². The van der Waals surface area contributed by atoms with E-state index in [1.807, 2.05) is 31.3 Å². The summed E-state index contributed by atoms with van der Waals surface area (Å²) >= 11 is 0. The Morgan fingerprint density at radius 2 is 2.19 bits per heavy atom. The first-order chi connectivity index (χ1) is 10.2. The summed E-state index contributed by atoms with van der Waals surface area (Å²) in [5.74, 6) is 1.78. The lowest BCUT2D eigenvalue weighted by molar-refractivity contribution is 0.0793. The summed E-state index contributed by atoms with van der Waals surface area (Å²) in [5.41, 5.74) is 9.25. The summed E-state index contributed by atoms with van der Waals surface area (Å²) in [4.78, 5) is 0. The van der Waals surface area contributed by atoms with Crippen molar-refractivity contribution < 1.29 is 9.47 Å². The second-order valence-corrected chi connectivity index (χ2v) is 5.38. The topological polar surface area (TPSA) is 62.3 Å². The predicted octanol–water partition coefficient (Wildman–Crippen LogP) is 2.57. The number of nitrogens with zero attached hydrogens (tertiary/aromatic N) is 2. The highest BCUT2D eigenvalue weighted by Gasteiger charge is 2.26. The zero-order chi connectivity index (χ0) is 14.8. The number of aromatic nitrogens is 2. The first-order valence-corrected chi connectivity index (χ1v) is 7.26. The summed E-state index contributed by atoms with van der Waals surface area (Å²) in [6, 6.07) is 7.92. The maximum Gasteiger partial charge on any atom is 0.129 e. The molecule has 1 aromatic heterocycles. The van der Waals surface area contributed by atoms with Crippen LogP contribution in [-0.2, 0) is 11.8 Å². The van der Waals surface area contributed by atoms with Gasteiger partial charge >= 0.3 is 0 Å². The van der Waals surface area contributed by atoms with Crippen LogP contribution in [0, 0.1) is 0 Å². The van der Waals surface area contributed by atoms with E-state index in [0.29, 0.717) is 18.3 Å². The van der Waals surface area contributed by atoms with Crippen LogP contribution in [0.15, 0.2) is 24.3 Å². The molecule has 5 nitrogen and oxygen atoms in total. The fraction of sp³-hybridized carbons (Fsp3) is 0.438. The monoisotopic (exact) mass is 287 g/mol. The van der Waals surface area contributed by atoms with Crippen LogP contribution in [0.1, 0.15) is 24.5 Å². The molecular formula is C16H21N3O2. The molecule has 2 N–H and O–H groups in total. The Hall–Kier alpha value is -2.01. The van der Waals surface area contributed by atoms with E-state index in [9.17, 15) is 0 Å². The smallest absolute Gasteiger partial charge is 0.129 e. The number of aryl methyl sites for hydroxylation is 1. The Bertz CT molecular complexity index is 630. The van der Waals surface area contributed by atoms with Crippen LogP contribution in [-0.4, -0.2) is 30.1 Å². The number of hydrogen-bond donors (Lipinski definition) is 1. The van der Waals surface area contributed by atoms with Gasteiger partial charge in [0.25, 0.3) is 0 Å². The van der Waals surface area contributed by atoms with E-state index in [2.05, 4.69) is 5.10 Å². The lowest BCUT2D eigenvalue weighted by Gasteiger charge is -2.21. The molecule has 112 valence electrons. The molecule has 0 aliphatic carbocycles. The average molecular weight is 287 g/mol. The third-order valence-electron chi connectivity index (χ3n) is 4.04. The third kappa shape index (κ3) is 2.49. The van der Waals surface area contributed by atoms with Gasteiger partial charge in [0, 0.05) is 25.1 Å². The Morgan fingerprint density at radius 3 is 2.90 bits per heavy atom. The van der Waals surface area contributed by atoms with Gasteiger partial charge < -0.3 is 15.2 Å². The molecule has 0 saturated carbocycles. The van der Waals surface area contributed by atoms with Crippen molar-refractivity contribution in [3.05, 3.63) is 30.0 Å². The number of methoxy groups -OCH3 is 1. The lowest BCUT2D eigenvalue weighted by Crippen LogP contribution is -2.16. The number of nitrogen functional groups attached to an aromatic ring is 1. The van der Waals surface area contributed by atoms with Gasteiger partial charge in [-0.25, -0.2) is 0 Å². The molecule has 5 heteroatoms. The van der Waals surface area contributed by atoms with Gasteiger partial charge in [-0.15, -0.1) is 0 Å². The zero-order valence-electron chi connectivity index (χ0n) is 12.5. The van der Waals surface area contributed by atoms with Gasteiger partial charge in [-0.1, -0.05) is 18.2 Å². The van der Waals surface area contributed by atoms with E-state index in [0.717, 1.165) is 42.0 Å². The standard InChI is InChI=1S/C16H21N3O2/c1-19-16(17)14(12-7-3-4-8-13(12)20-2)15(18-19)11-6-5-9-21-10-11/h3-4,7-8,11H,5-6,9-10,17H2,1-2H3. The Morgan fingerprint density at radius 1 is 1.38 bits per heavy atom. The molecule has 1 aromatic carbocycles. The fourth-order valence-corrected chi connectivity index (χ4v) is 2.93. The minimum absolute atomic E-state index is 0.294. The fourth-order valence-electron chi connectivity index (χ4n) is 2.93. The Labute approximate surface area is 124 Å². The Kier molecular flexibility index (Phi) is 3.84. The molecule has 1 aliphatic rings. The maximum absolute atomic E-state index is 6.27. The molecule has 2 heterocycles. The van der Waals surface area contributed by atoms with Crippen molar-refractivity contribution in [3.8, 4) is 16.9 Å². The summed E-state index contributed by atoms with van der Waals surface area (Å²) in [6.45, 7) is 1.54. The van der Waals surface area contributed by atoms with Crippen LogP contribution in [0.2, 0.25) is 0 Å². The predicted molar refractivity (Wildman–Crippen MR) is 82.4 cm³/mol. The summed E-state index contributed by atoms with van der Waals surface area (Å²) in [5, 5.41) is 4.64. The van der Waals surface area contributed by atoms with Crippen molar-refractivity contribution in [2.45, 2.75) is 18.8 Å². The molecule has 0 spiro atoms. The molecule has 21 heavy (non-hydrogen) atoms. The van der Waals surface area contributed by atoms with E-state index < -0.39 is 0 Å². The zero-order valence-corrected chi connectivity index (χ0v) is 12.5. The molecule has 1 aliphatic heterocycles. The number of anilines is 1. The minimum Gasteiger partial charge on any atom is -0.496 e. The molecule has 2 aromatic rings. The molecule has 0 amide bonds. The molecule has 1 unspecified atom stereocenters. The number of rotatable bonds is 3. The van der Waals surface area contributed by atoms with Crippen LogP contribution in [0.4, 0.5) is 5.82 Å². The van der Waals surface area contributed by atoms with Gasteiger partial charge in [0.05, 0.1) is 25.0 Å². The molecule has 1 saturated heterocycles. The third-order valence-corrected chi connectivity index (χ3v) is 4.04. The van der Waals surface area contributed by atoms with Crippen molar-refractivity contribution >= 4 is 5.82 Å². The van der Waals surface area contributed by atoms with E-state index >= 15 is 0 Å². The van der Waals surface area contributed by atoms with Gasteiger partial charge in [-0.3, -0.25) is 4.68 Å². The number of nitrogens with two attached hydrogens (primary N) is 1. The summed E-state index contributed by atoms with van der Waals surface area (Å²) < 4.78 is 12.8. The average Bonchev–Trinajstić information content (AvgIpc) is 2.83. The highest BCUT2D eigenvalue weighted by atomic mass is 16.5. The second kappa shape index (κ2) is 5.77. The number of para-hydroxylation sites is 1. The molecular weight excluding hydrogens is 266 g/mol. The number of ether oxygens (including phenoxy) is 2. The lowest BCUT2D eigenvalue weighted by atomic mass is 9.92. The molecule has 3 rings (SSSR count). The van der Waals surface area contributed by atoms with Crippen LogP contribution in [0.5, 0.6) is 5.75 Å². The van der Waals surface area contributed by atoms with Gasteiger partial charge in [-0.05, 0) is 18.9 Å². The van der Waals surface area contributed by atoms with Gasteiger partial charge in [0.1, 0.15) is 11.6 Å². The quantitative estimate of drug-likeness (QED) is 0.942. The Balaban J connectivity index is 2.12. The first kappa shape index (κ1) is 13.9. The van der Waals surface area contributed by atoms with Crippen molar-refractivity contribution in [1.82, 2.24) is 9.78 Å². The van der Waals surface area contributed by atoms with E-state index in [4.69, 9.17) is 15.2 Å². The van der Waals surface area contributed by atoms with Crippen molar-refractivity contribution in [1.29, 1.82) is 0 Å². The van der Waals surface area contributed by atoms with Crippen molar-refractivity contribution in [2.24, 2.45) is 7.05 Å². The minimum atomic E-state index is 0.294. The molecule has 1 fully saturated rings. The van der Waals surface area contributed by atoms with Crippen LogP contribution in [0.25, 0.3) is 11.1 Å². The summed E-state index contributed by atoms with van der Waals surface area (Å²) in [6.07, 6.45) is 2.14. The molecule has 0 bridgehead atoms. The second-order valence-electron chi connectivity index (χ2n) is 5.38. The van der Waals surface area contributed by atoms with Crippen LogP contribution < -0.4 is 10.5 Å². The van der Waals surface area contributed by atoms with E-state index in [-0.39, 0.29) is 0 Å². The highest BCUT2D eigenvalue weighted by Crippen LogP contribution is 2.40. The first-order valence-electron chi connectivity index (χ1n) is 7.26. The van der Waals surface area contributed by atoms with Gasteiger partial charge in [0.15, 0.2) is 0 Å². The summed E-state index contributed by atoms with van der Waals surface area (Å²) in [7, 11) is 3.55. The van der Waals surface area contributed by atoms with Crippen molar-refractivity contribution in [2.75, 3.05) is 26.1 Å². The largest absolute Gasteiger partial charge is 0.496 e. The molecule has 1 atom stereocenters. The van der Waals surface area contributed by atoms with E-state index in [1.54, 1.807) is 11.8 Å². The highest BCUT2D eigenvalue weighted by molar-refractivity contribution is 5.81. The van der Waals surface area contributed by atoms with Gasteiger partial charge in [-0.2, -0.15) is 5.10 Å². The maximum atomic E-state index is 6.27.